The van der Waals surface area contributed by atoms with Crippen molar-refractivity contribution in [2.75, 3.05) is 5.32 Å². The molecule has 4 nitrogen and oxygen atoms in total. The molecule has 5 atom stereocenters. The van der Waals surface area contributed by atoms with E-state index in [1.165, 1.54) is 0 Å². The number of benzene rings is 1. The average Bonchev–Trinajstić information content (AvgIpc) is 3.02. The summed E-state index contributed by atoms with van der Waals surface area (Å²) in [5.74, 6) is -0.476. The number of hydrogen-bond donors (Lipinski definition) is 1. The van der Waals surface area contributed by atoms with Crippen molar-refractivity contribution in [3.63, 3.8) is 0 Å². The number of rotatable bonds is 2. The minimum atomic E-state index is -0.298. The third-order valence-electron chi connectivity index (χ3n) is 4.97. The molecule has 21 heavy (non-hydrogen) atoms. The number of ether oxygens (including phenoxy) is 1. The topological polar surface area (TPSA) is 55.4 Å². The first-order valence-electron chi connectivity index (χ1n) is 7.01. The van der Waals surface area contributed by atoms with Crippen molar-refractivity contribution < 1.29 is 14.3 Å². The van der Waals surface area contributed by atoms with Crippen LogP contribution in [0.15, 0.2) is 18.2 Å². The molecule has 2 saturated carbocycles. The fraction of sp³-hybridized carbons (Fsp3) is 0.467. The number of carbonyl (C=O) groups excluding carboxylic acids is 2. The molecule has 1 aromatic carbocycles. The second kappa shape index (κ2) is 4.62. The van der Waals surface area contributed by atoms with Crippen molar-refractivity contribution in [2.45, 2.75) is 18.9 Å². The van der Waals surface area contributed by atoms with Crippen molar-refractivity contribution in [1.82, 2.24) is 0 Å². The van der Waals surface area contributed by atoms with E-state index in [0.29, 0.717) is 15.7 Å². The normalized spacial score (nSPS) is 35.9. The van der Waals surface area contributed by atoms with Crippen LogP contribution in [0.5, 0.6) is 0 Å². The zero-order valence-electron chi connectivity index (χ0n) is 11.0. The Morgan fingerprint density at radius 3 is 2.86 bits per heavy atom. The molecule has 3 fully saturated rings. The Kier molecular flexibility index (Phi) is 2.95. The summed E-state index contributed by atoms with van der Waals surface area (Å²) < 4.78 is 5.35. The van der Waals surface area contributed by atoms with Crippen molar-refractivity contribution in [1.29, 1.82) is 0 Å². The van der Waals surface area contributed by atoms with Gasteiger partial charge in [0.25, 0.3) is 0 Å². The molecular formula is C15H13Cl2NO3. The van der Waals surface area contributed by atoms with Crippen LogP contribution in [0.25, 0.3) is 0 Å². The lowest BCUT2D eigenvalue weighted by Gasteiger charge is -2.23. The van der Waals surface area contributed by atoms with Gasteiger partial charge in [0.05, 0.1) is 22.5 Å². The van der Waals surface area contributed by atoms with Crippen LogP contribution < -0.4 is 5.32 Å². The predicted molar refractivity (Wildman–Crippen MR) is 78.2 cm³/mol. The molecule has 0 radical (unpaired) electrons. The molecule has 3 aliphatic rings. The van der Waals surface area contributed by atoms with E-state index < -0.39 is 0 Å². The first kappa shape index (κ1) is 13.4. The summed E-state index contributed by atoms with van der Waals surface area (Å²) >= 11 is 11.9. The van der Waals surface area contributed by atoms with Gasteiger partial charge in [0, 0.05) is 10.9 Å². The number of nitrogens with one attached hydrogen (secondary N) is 1. The number of hydrogen-bond acceptors (Lipinski definition) is 3. The van der Waals surface area contributed by atoms with E-state index in [4.69, 9.17) is 27.9 Å². The maximum absolute atomic E-state index is 12.6. The van der Waals surface area contributed by atoms with Crippen LogP contribution in [-0.4, -0.2) is 18.0 Å². The quantitative estimate of drug-likeness (QED) is 0.850. The molecule has 1 heterocycles. The van der Waals surface area contributed by atoms with Gasteiger partial charge in [0.2, 0.25) is 5.91 Å². The third-order valence-corrected chi connectivity index (χ3v) is 5.52. The van der Waals surface area contributed by atoms with E-state index in [-0.39, 0.29) is 41.7 Å². The van der Waals surface area contributed by atoms with Crippen LogP contribution in [-0.2, 0) is 14.3 Å². The van der Waals surface area contributed by atoms with Gasteiger partial charge in [-0.2, -0.15) is 0 Å². The fourth-order valence-electron chi connectivity index (χ4n) is 4.17. The monoisotopic (exact) mass is 325 g/mol. The number of esters is 1. The standard InChI is InChI=1S/C15H13Cl2NO3/c16-7-1-2-10(9(17)5-7)18-14(19)12-6-3-8-11(4-6)21-15(20)13(8)12/h1-2,5-6,8,11-13H,3-4H2,(H,18,19)/t6-,8-,11-,12-,13+/m1/s1. The lowest BCUT2D eigenvalue weighted by atomic mass is 9.79. The average molecular weight is 326 g/mol. The maximum atomic E-state index is 12.6. The summed E-state index contributed by atoms with van der Waals surface area (Å²) in [4.78, 5) is 24.5. The summed E-state index contributed by atoms with van der Waals surface area (Å²) in [5, 5.41) is 3.74. The minimum Gasteiger partial charge on any atom is -0.462 e. The van der Waals surface area contributed by atoms with Gasteiger partial charge in [0.1, 0.15) is 6.10 Å². The van der Waals surface area contributed by atoms with Crippen molar-refractivity contribution in [3.05, 3.63) is 28.2 Å². The molecule has 0 aromatic heterocycles. The van der Waals surface area contributed by atoms with Gasteiger partial charge in [-0.1, -0.05) is 23.2 Å². The SMILES string of the molecule is O=C(Nc1ccc(Cl)cc1Cl)[C@@H]1[C@@H]2C[C@H]3[C@@H]1C(=O)O[C@@H]3C2. The number of anilines is 1. The molecule has 2 aliphatic carbocycles. The van der Waals surface area contributed by atoms with Gasteiger partial charge in [-0.3, -0.25) is 9.59 Å². The number of amides is 1. The minimum absolute atomic E-state index is 0.0377. The third kappa shape index (κ3) is 1.96. The fourth-order valence-corrected chi connectivity index (χ4v) is 4.63. The Hall–Kier alpha value is -1.26. The molecule has 1 aromatic rings. The largest absolute Gasteiger partial charge is 0.462 e. The van der Waals surface area contributed by atoms with Gasteiger partial charge in [-0.15, -0.1) is 0 Å². The molecule has 1 saturated heterocycles. The first-order valence-corrected chi connectivity index (χ1v) is 7.76. The number of fused-ring (bicyclic) bond motifs is 1. The lowest BCUT2D eigenvalue weighted by molar-refractivity contribution is -0.145. The van der Waals surface area contributed by atoms with Crippen LogP contribution in [0.1, 0.15) is 12.8 Å². The number of carbonyl (C=O) groups is 2. The van der Waals surface area contributed by atoms with Crippen molar-refractivity contribution in [2.24, 2.45) is 23.7 Å². The van der Waals surface area contributed by atoms with Crippen LogP contribution in [0.2, 0.25) is 10.0 Å². The molecule has 4 rings (SSSR count). The Balaban J connectivity index is 1.57. The van der Waals surface area contributed by atoms with Gasteiger partial charge in [-0.25, -0.2) is 0 Å². The summed E-state index contributed by atoms with van der Waals surface area (Å²) in [6, 6.07) is 4.93. The van der Waals surface area contributed by atoms with E-state index in [9.17, 15) is 9.59 Å². The van der Waals surface area contributed by atoms with Crippen molar-refractivity contribution >= 4 is 40.8 Å². The highest BCUT2D eigenvalue weighted by Crippen LogP contribution is 2.57. The van der Waals surface area contributed by atoms with E-state index in [2.05, 4.69) is 5.32 Å². The molecule has 0 unspecified atom stereocenters. The Labute approximate surface area is 131 Å². The molecule has 6 heteroatoms. The predicted octanol–water partition coefficient (Wildman–Crippen LogP) is 3.13. The van der Waals surface area contributed by atoms with E-state index in [1.807, 2.05) is 0 Å². The second-order valence-corrected chi connectivity index (χ2v) is 6.88. The highest BCUT2D eigenvalue weighted by Gasteiger charge is 2.63. The Bertz CT molecular complexity index is 646. The molecule has 1 aliphatic heterocycles. The number of halogens is 2. The molecule has 2 bridgehead atoms. The zero-order chi connectivity index (χ0) is 14.7. The Morgan fingerprint density at radius 1 is 1.29 bits per heavy atom. The van der Waals surface area contributed by atoms with Crippen LogP contribution in [0.4, 0.5) is 5.69 Å². The van der Waals surface area contributed by atoms with Crippen LogP contribution in [0.3, 0.4) is 0 Å². The van der Waals surface area contributed by atoms with E-state index in [0.717, 1.165) is 12.8 Å². The van der Waals surface area contributed by atoms with Crippen molar-refractivity contribution in [3.8, 4) is 0 Å². The van der Waals surface area contributed by atoms with E-state index in [1.54, 1.807) is 18.2 Å². The molecule has 0 spiro atoms. The van der Waals surface area contributed by atoms with Crippen LogP contribution in [0, 0.1) is 23.7 Å². The maximum Gasteiger partial charge on any atom is 0.310 e. The van der Waals surface area contributed by atoms with Gasteiger partial charge < -0.3 is 10.1 Å². The van der Waals surface area contributed by atoms with Gasteiger partial charge >= 0.3 is 5.97 Å². The summed E-state index contributed by atoms with van der Waals surface area (Å²) in [7, 11) is 0. The molecule has 1 amide bonds. The summed E-state index contributed by atoms with van der Waals surface area (Å²) in [6.07, 6.45) is 1.75. The first-order chi connectivity index (χ1) is 10.0. The van der Waals surface area contributed by atoms with Crippen LogP contribution >= 0.6 is 23.2 Å². The van der Waals surface area contributed by atoms with E-state index >= 15 is 0 Å². The molecule has 110 valence electrons. The molecule has 1 N–H and O–H groups in total. The lowest BCUT2D eigenvalue weighted by Crippen LogP contribution is -2.35. The van der Waals surface area contributed by atoms with Gasteiger partial charge in [-0.05, 0) is 37.0 Å². The highest BCUT2D eigenvalue weighted by atomic mass is 35.5. The zero-order valence-corrected chi connectivity index (χ0v) is 12.5. The Morgan fingerprint density at radius 2 is 2.10 bits per heavy atom. The highest BCUT2D eigenvalue weighted by molar-refractivity contribution is 6.36. The molecular weight excluding hydrogens is 313 g/mol. The van der Waals surface area contributed by atoms with Gasteiger partial charge in [0.15, 0.2) is 0 Å². The summed E-state index contributed by atoms with van der Waals surface area (Å²) in [6.45, 7) is 0. The summed E-state index contributed by atoms with van der Waals surface area (Å²) in [5.41, 5.74) is 0.525. The second-order valence-electron chi connectivity index (χ2n) is 6.04. The smallest absolute Gasteiger partial charge is 0.310 e.